The third-order valence-corrected chi connectivity index (χ3v) is 7.10. The molecule has 31 heavy (non-hydrogen) atoms. The molecule has 1 unspecified atom stereocenters. The average Bonchev–Trinajstić information content (AvgIpc) is 2.77. The molecule has 1 aliphatic rings. The normalized spacial score (nSPS) is 15.8. The van der Waals surface area contributed by atoms with E-state index in [0.29, 0.717) is 36.2 Å². The van der Waals surface area contributed by atoms with Gasteiger partial charge in [-0.25, -0.2) is 8.42 Å². The highest BCUT2D eigenvalue weighted by Gasteiger charge is 2.27. The van der Waals surface area contributed by atoms with Crippen molar-refractivity contribution in [1.82, 2.24) is 4.31 Å². The Hall–Kier alpha value is -2.29. The third kappa shape index (κ3) is 5.90. The number of nitrogens with zero attached hydrogens (tertiary/aromatic N) is 1. The SMILES string of the molecule is CCOc1ccc(S(=O)(=O)N2CCCCC2)cc1NC(=O)C(C)Oc1ccc(Cl)cc1. The Labute approximate surface area is 188 Å². The highest BCUT2D eigenvalue weighted by atomic mass is 35.5. The fraction of sp³-hybridized carbons (Fsp3) is 0.409. The van der Waals surface area contributed by atoms with E-state index in [0.717, 1.165) is 19.3 Å². The summed E-state index contributed by atoms with van der Waals surface area (Å²) in [5, 5.41) is 3.31. The van der Waals surface area contributed by atoms with E-state index in [1.54, 1.807) is 37.3 Å². The van der Waals surface area contributed by atoms with Crippen molar-refractivity contribution in [2.45, 2.75) is 44.1 Å². The maximum absolute atomic E-state index is 13.0. The molecule has 1 atom stereocenters. The summed E-state index contributed by atoms with van der Waals surface area (Å²) in [6.45, 7) is 4.80. The molecule has 9 heteroatoms. The van der Waals surface area contributed by atoms with E-state index in [9.17, 15) is 13.2 Å². The van der Waals surface area contributed by atoms with Gasteiger partial charge < -0.3 is 14.8 Å². The van der Waals surface area contributed by atoms with Crippen LogP contribution in [0.2, 0.25) is 5.02 Å². The van der Waals surface area contributed by atoms with Gasteiger partial charge in [0.1, 0.15) is 11.5 Å². The monoisotopic (exact) mass is 466 g/mol. The summed E-state index contributed by atoms with van der Waals surface area (Å²) in [6.07, 6.45) is 1.90. The number of hydrogen-bond acceptors (Lipinski definition) is 5. The molecule has 7 nitrogen and oxygen atoms in total. The van der Waals surface area contributed by atoms with Gasteiger partial charge in [-0.2, -0.15) is 4.31 Å². The summed E-state index contributed by atoms with van der Waals surface area (Å²) in [5.41, 5.74) is 0.288. The molecule has 3 rings (SSSR count). The number of nitrogens with one attached hydrogen (secondary N) is 1. The van der Waals surface area contributed by atoms with Crippen LogP contribution in [0.4, 0.5) is 5.69 Å². The molecule has 2 aromatic rings. The summed E-state index contributed by atoms with van der Waals surface area (Å²) >= 11 is 5.87. The number of carbonyl (C=O) groups excluding carboxylic acids is 1. The molecule has 1 amide bonds. The van der Waals surface area contributed by atoms with Gasteiger partial charge in [0, 0.05) is 18.1 Å². The van der Waals surface area contributed by atoms with E-state index >= 15 is 0 Å². The second-order valence-electron chi connectivity index (χ2n) is 7.26. The summed E-state index contributed by atoms with van der Waals surface area (Å²) in [7, 11) is -3.64. The molecule has 2 aromatic carbocycles. The van der Waals surface area contributed by atoms with Crippen molar-refractivity contribution in [2.75, 3.05) is 25.0 Å². The lowest BCUT2D eigenvalue weighted by Gasteiger charge is -2.26. The molecule has 1 heterocycles. The van der Waals surface area contributed by atoms with Gasteiger partial charge in [0.25, 0.3) is 5.91 Å². The van der Waals surface area contributed by atoms with E-state index in [1.807, 2.05) is 6.92 Å². The van der Waals surface area contributed by atoms with E-state index in [4.69, 9.17) is 21.1 Å². The van der Waals surface area contributed by atoms with Gasteiger partial charge >= 0.3 is 0 Å². The van der Waals surface area contributed by atoms with Crippen LogP contribution in [0.25, 0.3) is 0 Å². The highest BCUT2D eigenvalue weighted by Crippen LogP contribution is 2.30. The summed E-state index contributed by atoms with van der Waals surface area (Å²) in [5.74, 6) is 0.467. The van der Waals surface area contributed by atoms with Crippen molar-refractivity contribution in [3.05, 3.63) is 47.5 Å². The number of anilines is 1. The number of benzene rings is 2. The Morgan fingerprint density at radius 1 is 1.13 bits per heavy atom. The first-order valence-electron chi connectivity index (χ1n) is 10.3. The number of ether oxygens (including phenoxy) is 2. The standard InChI is InChI=1S/C22H27ClN2O5S/c1-3-29-21-12-11-19(31(27,28)25-13-5-4-6-14-25)15-20(21)24-22(26)16(2)30-18-9-7-17(23)8-10-18/h7-12,15-16H,3-6,13-14H2,1-2H3,(H,24,26). The van der Waals surface area contributed by atoms with Crippen LogP contribution in [-0.2, 0) is 14.8 Å². The van der Waals surface area contributed by atoms with Crippen molar-refractivity contribution in [3.8, 4) is 11.5 Å². The molecule has 0 bridgehead atoms. The van der Waals surface area contributed by atoms with Crippen molar-refractivity contribution < 1.29 is 22.7 Å². The lowest BCUT2D eigenvalue weighted by molar-refractivity contribution is -0.122. The maximum Gasteiger partial charge on any atom is 0.265 e. The van der Waals surface area contributed by atoms with Gasteiger partial charge in [-0.1, -0.05) is 18.0 Å². The Bertz CT molecular complexity index is 1010. The Balaban J connectivity index is 1.80. The number of carbonyl (C=O) groups is 1. The Kier molecular flexibility index (Phi) is 7.80. The van der Waals surface area contributed by atoms with Gasteiger partial charge in [-0.05, 0) is 69.2 Å². The molecule has 0 aliphatic carbocycles. The minimum absolute atomic E-state index is 0.124. The van der Waals surface area contributed by atoms with Gasteiger partial charge in [-0.15, -0.1) is 0 Å². The molecule has 0 spiro atoms. The van der Waals surface area contributed by atoms with Crippen LogP contribution in [0, 0.1) is 0 Å². The first kappa shape index (κ1) is 23.4. The van der Waals surface area contributed by atoms with Crippen molar-refractivity contribution >= 4 is 33.2 Å². The minimum atomic E-state index is -3.64. The predicted octanol–water partition coefficient (Wildman–Crippen LogP) is 4.32. The van der Waals surface area contributed by atoms with E-state index in [2.05, 4.69) is 5.32 Å². The Morgan fingerprint density at radius 3 is 2.45 bits per heavy atom. The minimum Gasteiger partial charge on any atom is -0.492 e. The van der Waals surface area contributed by atoms with Crippen LogP contribution in [0.3, 0.4) is 0 Å². The van der Waals surface area contributed by atoms with Crippen molar-refractivity contribution in [1.29, 1.82) is 0 Å². The zero-order valence-electron chi connectivity index (χ0n) is 17.6. The van der Waals surface area contributed by atoms with Crippen LogP contribution in [0.15, 0.2) is 47.4 Å². The van der Waals surface area contributed by atoms with Crippen LogP contribution < -0.4 is 14.8 Å². The van der Waals surface area contributed by atoms with Crippen LogP contribution in [0.1, 0.15) is 33.1 Å². The lowest BCUT2D eigenvalue weighted by Crippen LogP contribution is -2.35. The largest absolute Gasteiger partial charge is 0.492 e. The number of sulfonamides is 1. The summed E-state index contributed by atoms with van der Waals surface area (Å²) in [6, 6.07) is 11.2. The summed E-state index contributed by atoms with van der Waals surface area (Å²) in [4.78, 5) is 12.8. The molecular formula is C22H27ClN2O5S. The molecule has 1 saturated heterocycles. The van der Waals surface area contributed by atoms with Crippen LogP contribution in [-0.4, -0.2) is 44.4 Å². The fourth-order valence-electron chi connectivity index (χ4n) is 3.31. The molecule has 0 aromatic heterocycles. The zero-order chi connectivity index (χ0) is 22.4. The number of rotatable bonds is 8. The van der Waals surface area contributed by atoms with E-state index in [1.165, 1.54) is 16.4 Å². The highest BCUT2D eigenvalue weighted by molar-refractivity contribution is 7.89. The van der Waals surface area contributed by atoms with Gasteiger partial charge in [0.2, 0.25) is 10.0 Å². The fourth-order valence-corrected chi connectivity index (χ4v) is 4.98. The van der Waals surface area contributed by atoms with Crippen molar-refractivity contribution in [3.63, 3.8) is 0 Å². The molecular weight excluding hydrogens is 440 g/mol. The second-order valence-corrected chi connectivity index (χ2v) is 9.63. The quantitative estimate of drug-likeness (QED) is 0.626. The second kappa shape index (κ2) is 10.3. The molecule has 168 valence electrons. The molecule has 0 saturated carbocycles. The smallest absolute Gasteiger partial charge is 0.265 e. The summed E-state index contributed by atoms with van der Waals surface area (Å²) < 4.78 is 38.8. The molecule has 0 radical (unpaired) electrons. The topological polar surface area (TPSA) is 84.9 Å². The lowest BCUT2D eigenvalue weighted by atomic mass is 10.2. The number of amides is 1. The zero-order valence-corrected chi connectivity index (χ0v) is 19.2. The van der Waals surface area contributed by atoms with Crippen molar-refractivity contribution in [2.24, 2.45) is 0 Å². The number of halogens is 1. The first-order valence-corrected chi connectivity index (χ1v) is 12.1. The van der Waals surface area contributed by atoms with E-state index < -0.39 is 22.0 Å². The molecule has 1 aliphatic heterocycles. The third-order valence-electron chi connectivity index (χ3n) is 4.96. The first-order chi connectivity index (χ1) is 14.8. The molecule has 1 fully saturated rings. The maximum atomic E-state index is 13.0. The number of piperidine rings is 1. The molecule has 1 N–H and O–H groups in total. The van der Waals surface area contributed by atoms with Gasteiger partial charge in [0.15, 0.2) is 6.10 Å². The van der Waals surface area contributed by atoms with E-state index in [-0.39, 0.29) is 10.6 Å². The van der Waals surface area contributed by atoms with Crippen LogP contribution in [0.5, 0.6) is 11.5 Å². The van der Waals surface area contributed by atoms with Gasteiger partial charge in [0.05, 0.1) is 17.2 Å². The van der Waals surface area contributed by atoms with Gasteiger partial charge in [-0.3, -0.25) is 4.79 Å². The number of hydrogen-bond donors (Lipinski definition) is 1. The average molecular weight is 467 g/mol. The van der Waals surface area contributed by atoms with Crippen LogP contribution >= 0.6 is 11.6 Å². The predicted molar refractivity (Wildman–Crippen MR) is 120 cm³/mol. The Morgan fingerprint density at radius 2 is 1.81 bits per heavy atom.